The second kappa shape index (κ2) is 12.7. The molecule has 1 aliphatic rings. The Kier molecular flexibility index (Phi) is 18.8. The summed E-state index contributed by atoms with van der Waals surface area (Å²) in [6, 6.07) is 0. The van der Waals surface area contributed by atoms with Gasteiger partial charge in [0.05, 0.1) is 12.2 Å². The smallest absolute Gasteiger partial charge is 0.138 e. The zero-order valence-electron chi connectivity index (χ0n) is 9.60. The van der Waals surface area contributed by atoms with Crippen molar-refractivity contribution in [2.24, 2.45) is 0 Å². The number of hydrogen-bond donors (Lipinski definition) is 2. The molecule has 1 aliphatic carbocycles. The van der Waals surface area contributed by atoms with Gasteiger partial charge in [-0.05, 0) is 12.0 Å². The summed E-state index contributed by atoms with van der Waals surface area (Å²) in [4.78, 5) is 11.0. The minimum Gasteiger partial charge on any atom is -0.388 e. The molecule has 0 aliphatic heterocycles. The summed E-state index contributed by atoms with van der Waals surface area (Å²) in [6.45, 7) is 2.03. The van der Waals surface area contributed by atoms with Crippen LogP contribution in [0.4, 0.5) is 0 Å². The molecule has 1 rings (SSSR count). The summed E-state index contributed by atoms with van der Waals surface area (Å²) in [6.07, 6.45) is 2.47. The Morgan fingerprint density at radius 3 is 2.00 bits per heavy atom. The quantitative estimate of drug-likeness (QED) is 0.612. The molecule has 0 spiro atoms. The second-order valence-electron chi connectivity index (χ2n) is 3.47. The molecule has 2 N–H and O–H groups in total. The summed E-state index contributed by atoms with van der Waals surface area (Å²) in [5.41, 5.74) is 0.626. The van der Waals surface area contributed by atoms with Gasteiger partial charge in [-0.3, -0.25) is 4.79 Å². The fourth-order valence-corrected chi connectivity index (χ4v) is 1.56. The van der Waals surface area contributed by atoms with E-state index in [-0.39, 0.29) is 117 Å². The number of carbonyl (C=O) groups is 1. The number of unbranched alkanes of at least 4 members (excludes halogenated alkanes) is 1. The third kappa shape index (κ3) is 7.94. The first kappa shape index (κ1) is 23.7. The van der Waals surface area contributed by atoms with Crippen molar-refractivity contribution in [2.75, 3.05) is 0 Å². The maximum absolute atomic E-state index is 11.0. The van der Waals surface area contributed by atoms with Crippen molar-refractivity contribution in [1.29, 1.82) is 0 Å². The third-order valence-electron chi connectivity index (χ3n) is 2.28. The van der Waals surface area contributed by atoms with Gasteiger partial charge in [0.1, 0.15) is 5.78 Å². The van der Waals surface area contributed by atoms with Crippen molar-refractivity contribution >= 4 is 5.78 Å². The number of aliphatic hydroxyl groups is 2. The number of ketones is 1. The monoisotopic (exact) mass is 451 g/mol. The normalized spacial score (nSPS) is 23.7. The predicted octanol–water partition coefficient (Wildman–Crippen LogP) is 0.790. The third-order valence-corrected chi connectivity index (χ3v) is 2.28. The van der Waals surface area contributed by atoms with Gasteiger partial charge >= 0.3 is 0 Å². The van der Waals surface area contributed by atoms with Crippen LogP contribution in [0.1, 0.15) is 32.6 Å². The van der Waals surface area contributed by atoms with Gasteiger partial charge in [0.15, 0.2) is 0 Å². The second-order valence-corrected chi connectivity index (χ2v) is 3.47. The molecule has 0 aromatic heterocycles. The van der Waals surface area contributed by atoms with E-state index in [4.69, 9.17) is 0 Å². The van der Waals surface area contributed by atoms with E-state index in [0.717, 1.165) is 12.8 Å². The molecule has 0 heterocycles. The van der Waals surface area contributed by atoms with Gasteiger partial charge in [-0.15, -0.1) is 0 Å². The van der Waals surface area contributed by atoms with Crippen molar-refractivity contribution < 1.29 is 113 Å². The minimum absolute atomic E-state index is 0. The first-order valence-corrected chi connectivity index (χ1v) is 4.73. The van der Waals surface area contributed by atoms with Gasteiger partial charge in [0, 0.05) is 111 Å². The fourth-order valence-electron chi connectivity index (χ4n) is 1.56. The molecular weight excluding hydrogens is 435 g/mol. The number of hydrogen-bond acceptors (Lipinski definition) is 3. The molecule has 0 amide bonds. The number of allylic oxidation sites excluding steroid dienone is 1. The van der Waals surface area contributed by atoms with Gasteiger partial charge in [-0.1, -0.05) is 19.4 Å². The summed E-state index contributed by atoms with van der Waals surface area (Å²) >= 11 is 0. The average Bonchev–Trinajstić information content (AvgIpc) is 2.02. The van der Waals surface area contributed by atoms with Crippen LogP contribution >= 0.6 is 0 Å². The van der Waals surface area contributed by atoms with Crippen LogP contribution < -0.4 is 0 Å². The first-order valence-electron chi connectivity index (χ1n) is 4.73. The van der Waals surface area contributed by atoms with E-state index >= 15 is 0 Å². The Bertz CT molecular complexity index is 215. The molecule has 83 valence electrons. The largest absolute Gasteiger partial charge is 0.388 e. The predicted molar refractivity (Wildman–Crippen MR) is 49.2 cm³/mol. The average molecular weight is 451 g/mol. The summed E-state index contributed by atoms with van der Waals surface area (Å²) in [7, 11) is 0. The molecule has 0 aromatic rings. The molecule has 3 nitrogen and oxygen atoms in total. The number of carbonyl (C=O) groups excluding carboxylic acids is 1. The van der Waals surface area contributed by atoms with Crippen molar-refractivity contribution in [3.05, 3.63) is 11.6 Å². The maximum atomic E-state index is 11.0. The molecule has 1 saturated carbocycles. The fraction of sp³-hybridized carbons (Fsp3) is 0.700. The van der Waals surface area contributed by atoms with E-state index in [0.29, 0.717) is 5.57 Å². The van der Waals surface area contributed by atoms with Crippen LogP contribution in [0, 0.1) is 0 Å². The summed E-state index contributed by atoms with van der Waals surface area (Å²) in [5.74, 6) is -0.0614. The Hall–Kier alpha value is 2.64. The van der Waals surface area contributed by atoms with E-state index in [9.17, 15) is 15.0 Å². The molecular formula is C10H16O3Y3. The molecule has 16 heavy (non-hydrogen) atoms. The van der Waals surface area contributed by atoms with Gasteiger partial charge < -0.3 is 10.2 Å². The molecule has 3 radical (unpaired) electrons. The Balaban J connectivity index is -0.000000563. The van der Waals surface area contributed by atoms with Gasteiger partial charge in [-0.25, -0.2) is 0 Å². The minimum atomic E-state index is -0.761. The number of aliphatic hydroxyl groups excluding tert-OH is 2. The van der Waals surface area contributed by atoms with Crippen molar-refractivity contribution in [2.45, 2.75) is 44.8 Å². The van der Waals surface area contributed by atoms with Crippen molar-refractivity contribution in [3.63, 3.8) is 0 Å². The molecule has 0 aromatic carbocycles. The number of Topliss-reactive ketones (excluding diaryl/α,β-unsaturated/α-hetero) is 1. The molecule has 1 fully saturated rings. The molecule has 0 bridgehead atoms. The van der Waals surface area contributed by atoms with Crippen LogP contribution in [0.3, 0.4) is 0 Å². The molecule has 2 atom stereocenters. The zero-order valence-corrected chi connectivity index (χ0v) is 18.1. The SMILES string of the molecule is CCCC=C1[C@H](O)CC(=O)C[C@H]1O.[Y].[Y].[Y]. The van der Waals surface area contributed by atoms with E-state index in [1.807, 2.05) is 13.0 Å². The standard InChI is InChI=1S/C10H16O3.3Y/c1-2-3-4-8-9(12)5-7(11)6-10(8)13;;;/h4,9-10,12-13H,2-3,5-6H2,1H3;;;/t9-,10-;;;/m1.../s1. The van der Waals surface area contributed by atoms with E-state index in [1.54, 1.807) is 0 Å². The van der Waals surface area contributed by atoms with Crippen LogP contribution in [0.5, 0.6) is 0 Å². The van der Waals surface area contributed by atoms with Crippen LogP contribution in [0.25, 0.3) is 0 Å². The van der Waals surface area contributed by atoms with Crippen LogP contribution in [0.15, 0.2) is 11.6 Å². The molecule has 6 heteroatoms. The van der Waals surface area contributed by atoms with Crippen LogP contribution in [-0.2, 0) is 103 Å². The maximum Gasteiger partial charge on any atom is 0.138 e. The van der Waals surface area contributed by atoms with Crippen molar-refractivity contribution in [3.8, 4) is 0 Å². The van der Waals surface area contributed by atoms with Gasteiger partial charge in [-0.2, -0.15) is 0 Å². The first-order chi connectivity index (χ1) is 6.15. The van der Waals surface area contributed by atoms with Crippen LogP contribution in [-0.4, -0.2) is 28.2 Å². The van der Waals surface area contributed by atoms with E-state index < -0.39 is 12.2 Å². The summed E-state index contributed by atoms with van der Waals surface area (Å²) < 4.78 is 0. The Labute approximate surface area is 172 Å². The van der Waals surface area contributed by atoms with Gasteiger partial charge in [0.25, 0.3) is 0 Å². The Morgan fingerprint density at radius 1 is 1.19 bits per heavy atom. The molecule has 0 saturated heterocycles. The summed E-state index contributed by atoms with van der Waals surface area (Å²) in [5, 5.41) is 19.0. The van der Waals surface area contributed by atoms with Crippen LogP contribution in [0.2, 0.25) is 0 Å². The molecule has 0 unspecified atom stereocenters. The van der Waals surface area contributed by atoms with E-state index in [2.05, 4.69) is 0 Å². The Morgan fingerprint density at radius 2 is 1.62 bits per heavy atom. The van der Waals surface area contributed by atoms with Gasteiger partial charge in [0.2, 0.25) is 0 Å². The van der Waals surface area contributed by atoms with E-state index in [1.165, 1.54) is 0 Å². The topological polar surface area (TPSA) is 57.5 Å². The zero-order chi connectivity index (χ0) is 9.84. The number of rotatable bonds is 2. The van der Waals surface area contributed by atoms with Crippen molar-refractivity contribution in [1.82, 2.24) is 0 Å².